The molecule has 0 aliphatic carbocycles. The summed E-state index contributed by atoms with van der Waals surface area (Å²) in [6.07, 6.45) is 65.3. The van der Waals surface area contributed by atoms with Crippen molar-refractivity contribution in [2.24, 2.45) is 0 Å². The van der Waals surface area contributed by atoms with E-state index in [1.807, 2.05) is 21.1 Å². The van der Waals surface area contributed by atoms with E-state index in [4.69, 9.17) is 9.05 Å². The summed E-state index contributed by atoms with van der Waals surface area (Å²) >= 11 is 0. The van der Waals surface area contributed by atoms with Crippen LogP contribution in [0.3, 0.4) is 0 Å². The average molecular weight is 996 g/mol. The van der Waals surface area contributed by atoms with Gasteiger partial charge in [0.2, 0.25) is 5.91 Å². The number of phosphoric ester groups is 1. The van der Waals surface area contributed by atoms with Crippen LogP contribution in [-0.2, 0) is 18.4 Å². The number of hydrogen-bond donors (Lipinski definition) is 2. The highest BCUT2D eigenvalue weighted by Gasteiger charge is 2.24. The fourth-order valence-electron chi connectivity index (χ4n) is 9.18. The minimum Gasteiger partial charge on any atom is -0.756 e. The average Bonchev–Trinajstić information content (AvgIpc) is 3.31. The van der Waals surface area contributed by atoms with Gasteiger partial charge in [-0.1, -0.05) is 282 Å². The number of nitrogens with one attached hydrogen (secondary N) is 1. The van der Waals surface area contributed by atoms with Gasteiger partial charge in [0.25, 0.3) is 7.82 Å². The lowest BCUT2D eigenvalue weighted by molar-refractivity contribution is -0.870. The van der Waals surface area contributed by atoms with Crippen LogP contribution in [0.1, 0.15) is 303 Å². The number of carbonyl (C=O) groups excluding carboxylic acids is 1. The summed E-state index contributed by atoms with van der Waals surface area (Å²) in [6, 6.07) is -0.807. The molecule has 9 heteroatoms. The summed E-state index contributed by atoms with van der Waals surface area (Å²) in [5.74, 6) is -0.176. The first-order chi connectivity index (χ1) is 33.5. The predicted molar refractivity (Wildman–Crippen MR) is 298 cm³/mol. The van der Waals surface area contributed by atoms with Crippen molar-refractivity contribution < 1.29 is 32.9 Å². The summed E-state index contributed by atoms with van der Waals surface area (Å²) in [6.45, 7) is 4.70. The molecule has 0 spiro atoms. The van der Waals surface area contributed by atoms with Gasteiger partial charge in [0.05, 0.1) is 39.9 Å². The molecule has 0 heterocycles. The molecule has 410 valence electrons. The number of amides is 1. The van der Waals surface area contributed by atoms with Crippen LogP contribution in [-0.4, -0.2) is 68.5 Å². The fraction of sp³-hybridized carbons (Fsp3) is 0.917. The molecule has 0 aromatic heterocycles. The Balaban J connectivity index is 3.97. The molecular weight excluding hydrogens is 876 g/mol. The Kier molecular flexibility index (Phi) is 51.1. The Morgan fingerprint density at radius 2 is 0.855 bits per heavy atom. The minimum absolute atomic E-state index is 0.0102. The topological polar surface area (TPSA) is 108 Å². The van der Waals surface area contributed by atoms with Crippen molar-refractivity contribution in [2.45, 2.75) is 315 Å². The maximum atomic E-state index is 12.9. The Labute approximate surface area is 430 Å². The number of quaternary nitrogens is 1. The lowest BCUT2D eigenvalue weighted by Gasteiger charge is -2.30. The summed E-state index contributed by atoms with van der Waals surface area (Å²) in [5.41, 5.74) is 0. The Morgan fingerprint density at radius 3 is 1.25 bits per heavy atom. The first kappa shape index (κ1) is 68.0. The van der Waals surface area contributed by atoms with Crippen LogP contribution in [0.25, 0.3) is 0 Å². The highest BCUT2D eigenvalue weighted by Crippen LogP contribution is 2.38. The molecule has 69 heavy (non-hydrogen) atoms. The van der Waals surface area contributed by atoms with E-state index in [1.54, 1.807) is 0 Å². The second-order valence-corrected chi connectivity index (χ2v) is 23.5. The minimum atomic E-state index is -4.57. The molecule has 3 unspecified atom stereocenters. The number of unbranched alkanes of at least 4 members (excludes halogenated alkanes) is 39. The summed E-state index contributed by atoms with van der Waals surface area (Å²) in [7, 11) is 1.30. The van der Waals surface area contributed by atoms with Gasteiger partial charge in [-0.3, -0.25) is 9.36 Å². The van der Waals surface area contributed by atoms with Crippen LogP contribution in [0, 0.1) is 0 Å². The van der Waals surface area contributed by atoms with Crippen molar-refractivity contribution in [2.75, 3.05) is 40.9 Å². The molecule has 0 saturated carbocycles. The van der Waals surface area contributed by atoms with Crippen molar-refractivity contribution >= 4 is 13.7 Å². The van der Waals surface area contributed by atoms with Crippen molar-refractivity contribution in [3.63, 3.8) is 0 Å². The molecule has 3 atom stereocenters. The SMILES string of the molecule is CCCC/C=C\C/C=C\CCCCCCCC(=O)NC(COP(=O)([O-])OCC[N+](C)(C)C)C(O)CCCCCCCCCCCCCCCCCCCCCCCCCCCCCCCCCCC. The predicted octanol–water partition coefficient (Wildman–Crippen LogP) is 17.7. The second kappa shape index (κ2) is 51.9. The number of carbonyl (C=O) groups is 1. The number of hydrogen-bond acceptors (Lipinski definition) is 6. The van der Waals surface area contributed by atoms with Gasteiger partial charge in [-0.25, -0.2) is 0 Å². The second-order valence-electron chi connectivity index (χ2n) is 22.1. The van der Waals surface area contributed by atoms with Crippen molar-refractivity contribution in [1.29, 1.82) is 0 Å². The number of nitrogens with zero attached hydrogens (tertiary/aromatic N) is 1. The number of allylic oxidation sites excluding steroid dienone is 4. The zero-order chi connectivity index (χ0) is 50.6. The molecule has 0 bridgehead atoms. The third-order valence-electron chi connectivity index (χ3n) is 13.9. The molecule has 0 aliphatic rings. The van der Waals surface area contributed by atoms with Crippen LogP contribution in [0.2, 0.25) is 0 Å². The van der Waals surface area contributed by atoms with Crippen LogP contribution in [0.4, 0.5) is 0 Å². The summed E-state index contributed by atoms with van der Waals surface area (Å²) in [4.78, 5) is 25.5. The standard InChI is InChI=1S/C60H119N2O6P/c1-6-8-10-12-14-16-18-20-22-23-24-25-26-27-28-29-30-31-32-33-34-35-36-37-38-39-40-41-43-45-47-49-51-53-59(63)58(57-68-69(65,66)67-56-55-62(3,4)5)61-60(64)54-52-50-48-46-44-42-21-19-17-15-13-11-9-7-2/h13,15,19,21,58-59,63H,6-12,14,16-18,20,22-57H2,1-5H3,(H-,61,64,65,66)/b15-13-,21-19-. The number of likely N-dealkylation sites (N-methyl/N-ethyl adjacent to an activating group) is 1. The lowest BCUT2D eigenvalue weighted by Crippen LogP contribution is -2.46. The van der Waals surface area contributed by atoms with E-state index in [1.165, 1.54) is 212 Å². The zero-order valence-electron chi connectivity index (χ0n) is 46.8. The van der Waals surface area contributed by atoms with Gasteiger partial charge >= 0.3 is 0 Å². The molecule has 2 N–H and O–H groups in total. The van der Waals surface area contributed by atoms with Crippen molar-refractivity contribution in [3.05, 3.63) is 24.3 Å². The monoisotopic (exact) mass is 995 g/mol. The van der Waals surface area contributed by atoms with Crippen molar-refractivity contribution in [3.8, 4) is 0 Å². The van der Waals surface area contributed by atoms with Gasteiger partial charge in [0.1, 0.15) is 13.2 Å². The third kappa shape index (κ3) is 54.6. The maximum Gasteiger partial charge on any atom is 0.268 e. The first-order valence-corrected chi connectivity index (χ1v) is 31.6. The van der Waals surface area contributed by atoms with Gasteiger partial charge in [0.15, 0.2) is 0 Å². The largest absolute Gasteiger partial charge is 0.756 e. The van der Waals surface area contributed by atoms with E-state index in [0.29, 0.717) is 23.9 Å². The van der Waals surface area contributed by atoms with Gasteiger partial charge in [-0.15, -0.1) is 0 Å². The molecular formula is C60H119N2O6P. The Bertz CT molecular complexity index is 1170. The molecule has 1 amide bonds. The van der Waals surface area contributed by atoms with Gasteiger partial charge in [-0.2, -0.15) is 0 Å². The first-order valence-electron chi connectivity index (χ1n) is 30.2. The van der Waals surface area contributed by atoms with Gasteiger partial charge in [-0.05, 0) is 38.5 Å². The molecule has 0 fully saturated rings. The quantitative estimate of drug-likeness (QED) is 0.0272. The zero-order valence-corrected chi connectivity index (χ0v) is 47.7. The smallest absolute Gasteiger partial charge is 0.268 e. The Morgan fingerprint density at radius 1 is 0.507 bits per heavy atom. The molecule has 0 saturated heterocycles. The molecule has 0 radical (unpaired) electrons. The maximum absolute atomic E-state index is 12.9. The van der Waals surface area contributed by atoms with E-state index in [0.717, 1.165) is 64.2 Å². The molecule has 0 aromatic carbocycles. The fourth-order valence-corrected chi connectivity index (χ4v) is 9.90. The van der Waals surface area contributed by atoms with E-state index in [9.17, 15) is 19.4 Å². The molecule has 8 nitrogen and oxygen atoms in total. The Hall–Kier alpha value is -1.02. The highest BCUT2D eigenvalue weighted by molar-refractivity contribution is 7.45. The molecule has 0 aromatic rings. The normalized spacial score (nSPS) is 14.0. The van der Waals surface area contributed by atoms with E-state index >= 15 is 0 Å². The van der Waals surface area contributed by atoms with Gasteiger partial charge in [0, 0.05) is 6.42 Å². The third-order valence-corrected chi connectivity index (χ3v) is 14.9. The van der Waals surface area contributed by atoms with Crippen LogP contribution in [0.5, 0.6) is 0 Å². The molecule has 0 aliphatic heterocycles. The number of rotatable bonds is 56. The summed E-state index contributed by atoms with van der Waals surface area (Å²) in [5, 5.41) is 14.0. The highest BCUT2D eigenvalue weighted by atomic mass is 31.2. The van der Waals surface area contributed by atoms with Crippen LogP contribution >= 0.6 is 7.82 Å². The van der Waals surface area contributed by atoms with E-state index < -0.39 is 20.0 Å². The van der Waals surface area contributed by atoms with E-state index in [-0.39, 0.29) is 19.1 Å². The number of aliphatic hydroxyl groups excluding tert-OH is 1. The van der Waals surface area contributed by atoms with Crippen LogP contribution < -0.4 is 10.2 Å². The van der Waals surface area contributed by atoms with Gasteiger partial charge < -0.3 is 28.8 Å². The van der Waals surface area contributed by atoms with Crippen LogP contribution in [0.15, 0.2) is 24.3 Å². The van der Waals surface area contributed by atoms with Crippen molar-refractivity contribution in [1.82, 2.24) is 5.32 Å². The summed E-state index contributed by atoms with van der Waals surface area (Å²) < 4.78 is 23.4. The van der Waals surface area contributed by atoms with E-state index in [2.05, 4.69) is 43.5 Å². The number of aliphatic hydroxyl groups is 1. The number of phosphoric acid groups is 1. The molecule has 0 rings (SSSR count). The lowest BCUT2D eigenvalue weighted by atomic mass is 10.0.